The molecule has 37 heavy (non-hydrogen) atoms. The quantitative estimate of drug-likeness (QED) is 0.366. The van der Waals surface area contributed by atoms with E-state index >= 15 is 0 Å². The van der Waals surface area contributed by atoms with Crippen LogP contribution in [0.4, 0.5) is 11.6 Å². The average molecular weight is 501 g/mol. The number of hydrogen-bond donors (Lipinski definition) is 3. The van der Waals surface area contributed by atoms with Gasteiger partial charge in [-0.2, -0.15) is 0 Å². The summed E-state index contributed by atoms with van der Waals surface area (Å²) in [5.41, 5.74) is 3.42. The molecule has 1 atom stereocenters. The van der Waals surface area contributed by atoms with Crippen molar-refractivity contribution in [3.63, 3.8) is 0 Å². The molecule has 1 amide bonds. The molecule has 2 aliphatic heterocycles. The van der Waals surface area contributed by atoms with Crippen molar-refractivity contribution in [1.82, 2.24) is 20.2 Å². The number of anilines is 2. The molecule has 0 spiro atoms. The third-order valence-electron chi connectivity index (χ3n) is 6.94. The Kier molecular flexibility index (Phi) is 8.28. The molecule has 0 bridgehead atoms. The lowest BCUT2D eigenvalue weighted by atomic mass is 10.1. The molecule has 0 radical (unpaired) electrons. The Morgan fingerprint density at radius 1 is 1.03 bits per heavy atom. The van der Waals surface area contributed by atoms with E-state index in [2.05, 4.69) is 51.2 Å². The van der Waals surface area contributed by atoms with Gasteiger partial charge in [0.15, 0.2) is 5.82 Å². The molecule has 2 aliphatic rings. The van der Waals surface area contributed by atoms with Crippen LogP contribution in [0.5, 0.6) is 0 Å². The number of ether oxygens (including phenoxy) is 1. The number of aromatic nitrogens is 2. The molecule has 1 saturated heterocycles. The Bertz CT molecular complexity index is 1170. The van der Waals surface area contributed by atoms with Crippen LogP contribution in [0.3, 0.4) is 0 Å². The van der Waals surface area contributed by atoms with Gasteiger partial charge in [-0.3, -0.25) is 9.69 Å². The van der Waals surface area contributed by atoms with Crippen LogP contribution in [0.1, 0.15) is 30.9 Å². The van der Waals surface area contributed by atoms with Crippen LogP contribution in [-0.4, -0.2) is 65.7 Å². The number of amides is 1. The second kappa shape index (κ2) is 12.2. The maximum absolute atomic E-state index is 11.2. The van der Waals surface area contributed by atoms with E-state index in [-0.39, 0.29) is 11.9 Å². The monoisotopic (exact) mass is 500 g/mol. The number of rotatable bonds is 10. The molecule has 1 fully saturated rings. The van der Waals surface area contributed by atoms with Gasteiger partial charge in [0.1, 0.15) is 11.6 Å². The molecule has 3 heterocycles. The summed E-state index contributed by atoms with van der Waals surface area (Å²) >= 11 is 0. The van der Waals surface area contributed by atoms with Gasteiger partial charge in [-0.25, -0.2) is 9.97 Å². The van der Waals surface area contributed by atoms with Gasteiger partial charge in [-0.05, 0) is 18.4 Å². The lowest BCUT2D eigenvalue weighted by Gasteiger charge is -2.32. The SMILES string of the molecule is CC(=O)NCCNc1nc(-c2ccccc2)nc2c1CC(COC1CCN(Cc3ccccc3)CC1)N2. The predicted molar refractivity (Wildman–Crippen MR) is 146 cm³/mol. The minimum atomic E-state index is -0.0375. The van der Waals surface area contributed by atoms with E-state index in [4.69, 9.17) is 14.7 Å². The molecule has 0 aliphatic carbocycles. The van der Waals surface area contributed by atoms with Crippen molar-refractivity contribution in [3.05, 3.63) is 71.8 Å². The van der Waals surface area contributed by atoms with Gasteiger partial charge in [0.2, 0.25) is 5.91 Å². The van der Waals surface area contributed by atoms with E-state index in [0.29, 0.717) is 31.6 Å². The number of carbonyl (C=O) groups excluding carboxylic acids is 1. The van der Waals surface area contributed by atoms with Gasteiger partial charge in [-0.1, -0.05) is 60.7 Å². The zero-order chi connectivity index (χ0) is 25.5. The number of nitrogens with zero attached hydrogens (tertiary/aromatic N) is 3. The van der Waals surface area contributed by atoms with Crippen LogP contribution >= 0.6 is 0 Å². The van der Waals surface area contributed by atoms with E-state index in [1.165, 1.54) is 12.5 Å². The molecule has 0 saturated carbocycles. The maximum atomic E-state index is 11.2. The smallest absolute Gasteiger partial charge is 0.216 e. The van der Waals surface area contributed by atoms with Crippen molar-refractivity contribution >= 4 is 17.5 Å². The van der Waals surface area contributed by atoms with Crippen LogP contribution in [-0.2, 0) is 22.5 Å². The van der Waals surface area contributed by atoms with E-state index in [9.17, 15) is 4.79 Å². The van der Waals surface area contributed by atoms with Crippen molar-refractivity contribution in [1.29, 1.82) is 0 Å². The fourth-order valence-corrected chi connectivity index (χ4v) is 5.00. The van der Waals surface area contributed by atoms with Crippen molar-refractivity contribution in [2.45, 2.75) is 44.9 Å². The first-order valence-electron chi connectivity index (χ1n) is 13.2. The van der Waals surface area contributed by atoms with E-state index < -0.39 is 0 Å². The molecule has 5 rings (SSSR count). The van der Waals surface area contributed by atoms with Crippen LogP contribution in [0, 0.1) is 0 Å². The predicted octanol–water partition coefficient (Wildman–Crippen LogP) is 3.71. The Labute approximate surface area is 218 Å². The average Bonchev–Trinajstić information content (AvgIpc) is 3.35. The van der Waals surface area contributed by atoms with Gasteiger partial charge in [0.25, 0.3) is 0 Å². The van der Waals surface area contributed by atoms with Crippen molar-refractivity contribution < 1.29 is 9.53 Å². The molecule has 194 valence electrons. The van der Waals surface area contributed by atoms with Gasteiger partial charge >= 0.3 is 0 Å². The first-order chi connectivity index (χ1) is 18.1. The lowest BCUT2D eigenvalue weighted by Crippen LogP contribution is -2.38. The van der Waals surface area contributed by atoms with Gasteiger partial charge in [0, 0.05) is 57.2 Å². The second-order valence-corrected chi connectivity index (χ2v) is 9.84. The van der Waals surface area contributed by atoms with Gasteiger partial charge in [-0.15, -0.1) is 0 Å². The van der Waals surface area contributed by atoms with E-state index in [0.717, 1.165) is 61.7 Å². The van der Waals surface area contributed by atoms with Gasteiger partial charge < -0.3 is 20.7 Å². The van der Waals surface area contributed by atoms with Crippen LogP contribution in [0.2, 0.25) is 0 Å². The third kappa shape index (κ3) is 6.84. The Morgan fingerprint density at radius 2 is 1.76 bits per heavy atom. The normalized spacial score (nSPS) is 17.7. The molecule has 2 aromatic carbocycles. The Morgan fingerprint density at radius 3 is 2.49 bits per heavy atom. The Balaban J connectivity index is 1.17. The molecule has 8 heteroatoms. The number of fused-ring (bicyclic) bond motifs is 1. The zero-order valence-electron chi connectivity index (χ0n) is 21.5. The second-order valence-electron chi connectivity index (χ2n) is 9.84. The summed E-state index contributed by atoms with van der Waals surface area (Å²) < 4.78 is 6.37. The molecule has 1 unspecified atom stereocenters. The summed E-state index contributed by atoms with van der Waals surface area (Å²) in [6.07, 6.45) is 3.21. The summed E-state index contributed by atoms with van der Waals surface area (Å²) in [7, 11) is 0. The number of likely N-dealkylation sites (tertiary alicyclic amines) is 1. The largest absolute Gasteiger partial charge is 0.376 e. The van der Waals surface area contributed by atoms with Crippen molar-refractivity contribution in [3.8, 4) is 11.4 Å². The standard InChI is InChI=1S/C29H36N6O2/c1-21(36)30-14-15-31-28-26-18-24(32-29(26)34-27(33-28)23-10-6-3-7-11-23)20-37-25-12-16-35(17-13-25)19-22-8-4-2-5-9-22/h2-11,24-25H,12-20H2,1H3,(H,30,36)(H2,31,32,33,34). The van der Waals surface area contributed by atoms with Crippen molar-refractivity contribution in [2.24, 2.45) is 0 Å². The summed E-state index contributed by atoms with van der Waals surface area (Å²) in [5.74, 6) is 2.33. The first-order valence-corrected chi connectivity index (χ1v) is 13.2. The van der Waals surface area contributed by atoms with Gasteiger partial charge in [0.05, 0.1) is 18.8 Å². The molecule has 1 aromatic heterocycles. The van der Waals surface area contributed by atoms with Crippen LogP contribution < -0.4 is 16.0 Å². The highest BCUT2D eigenvalue weighted by Crippen LogP contribution is 2.32. The van der Waals surface area contributed by atoms with E-state index in [1.807, 2.05) is 30.3 Å². The highest BCUT2D eigenvalue weighted by atomic mass is 16.5. The third-order valence-corrected chi connectivity index (χ3v) is 6.94. The molecule has 8 nitrogen and oxygen atoms in total. The highest BCUT2D eigenvalue weighted by Gasteiger charge is 2.28. The minimum Gasteiger partial charge on any atom is -0.376 e. The van der Waals surface area contributed by atoms with E-state index in [1.54, 1.807) is 0 Å². The van der Waals surface area contributed by atoms with Crippen LogP contribution in [0.15, 0.2) is 60.7 Å². The number of benzene rings is 2. The number of carbonyl (C=O) groups is 1. The summed E-state index contributed by atoms with van der Waals surface area (Å²) in [5, 5.41) is 9.82. The fraction of sp³-hybridized carbons (Fsp3) is 0.414. The molecular weight excluding hydrogens is 464 g/mol. The number of nitrogens with one attached hydrogen (secondary N) is 3. The topological polar surface area (TPSA) is 91.4 Å². The fourth-order valence-electron chi connectivity index (χ4n) is 5.00. The summed E-state index contributed by atoms with van der Waals surface area (Å²) in [6.45, 7) is 6.44. The molecular formula is C29H36N6O2. The Hall–Kier alpha value is -3.49. The number of hydrogen-bond acceptors (Lipinski definition) is 7. The summed E-state index contributed by atoms with van der Waals surface area (Å²) in [6, 6.07) is 20.8. The molecule has 3 aromatic rings. The number of piperidine rings is 1. The van der Waals surface area contributed by atoms with Crippen LogP contribution in [0.25, 0.3) is 11.4 Å². The first kappa shape index (κ1) is 25.2. The molecule has 3 N–H and O–H groups in total. The maximum Gasteiger partial charge on any atom is 0.216 e. The minimum absolute atomic E-state index is 0.0375. The summed E-state index contributed by atoms with van der Waals surface area (Å²) in [4.78, 5) is 23.4. The lowest BCUT2D eigenvalue weighted by molar-refractivity contribution is -0.118. The van der Waals surface area contributed by atoms with Crippen molar-refractivity contribution in [2.75, 3.05) is 43.4 Å². The highest BCUT2D eigenvalue weighted by molar-refractivity contribution is 5.73. The zero-order valence-corrected chi connectivity index (χ0v) is 21.5.